The third-order valence-corrected chi connectivity index (χ3v) is 3.35. The quantitative estimate of drug-likeness (QED) is 0.736. The van der Waals surface area contributed by atoms with Crippen LogP contribution in [0.1, 0.15) is 5.82 Å². The highest BCUT2D eigenvalue weighted by atomic mass is 16.5. The molecule has 2 N–H and O–H groups in total. The van der Waals surface area contributed by atoms with Gasteiger partial charge in [-0.05, 0) is 12.1 Å². The summed E-state index contributed by atoms with van der Waals surface area (Å²) in [5, 5.41) is 9.67. The van der Waals surface area contributed by atoms with Crippen molar-refractivity contribution in [3.8, 4) is 0 Å². The number of aromatic amines is 1. The van der Waals surface area contributed by atoms with Crippen LogP contribution in [0.5, 0.6) is 0 Å². The van der Waals surface area contributed by atoms with E-state index in [1.165, 1.54) is 0 Å². The lowest BCUT2D eigenvalue weighted by atomic mass is 10.2. The largest absolute Gasteiger partial charge is 0.395 e. The number of benzene rings is 1. The molecular formula is C15H21N3O3. The first-order chi connectivity index (χ1) is 10.2. The molecule has 0 saturated carbocycles. The fourth-order valence-electron chi connectivity index (χ4n) is 2.21. The Morgan fingerprint density at radius 2 is 2.10 bits per heavy atom. The Balaban J connectivity index is 2.06. The minimum atomic E-state index is -0.110. The molecule has 0 amide bonds. The smallest absolute Gasteiger partial charge is 0.258 e. The third-order valence-electron chi connectivity index (χ3n) is 3.35. The van der Waals surface area contributed by atoms with Crippen molar-refractivity contribution in [2.24, 2.45) is 0 Å². The SMILES string of the molecule is COCCN(CCO)CCc1nc2ccccc2c(=O)[nH]1. The first-order valence-electron chi connectivity index (χ1n) is 7.04. The van der Waals surface area contributed by atoms with E-state index in [-0.39, 0.29) is 12.2 Å². The highest BCUT2D eigenvalue weighted by Crippen LogP contribution is 2.06. The van der Waals surface area contributed by atoms with Crippen LogP contribution in [0.25, 0.3) is 10.9 Å². The van der Waals surface area contributed by atoms with Crippen LogP contribution in [0.2, 0.25) is 0 Å². The molecule has 0 aliphatic carbocycles. The van der Waals surface area contributed by atoms with E-state index in [2.05, 4.69) is 14.9 Å². The summed E-state index contributed by atoms with van der Waals surface area (Å²) in [7, 11) is 1.65. The van der Waals surface area contributed by atoms with Gasteiger partial charge in [-0.25, -0.2) is 4.98 Å². The summed E-state index contributed by atoms with van der Waals surface area (Å²) in [6, 6.07) is 7.30. The topological polar surface area (TPSA) is 78.5 Å². The molecule has 0 atom stereocenters. The van der Waals surface area contributed by atoms with Crippen molar-refractivity contribution >= 4 is 10.9 Å². The van der Waals surface area contributed by atoms with E-state index < -0.39 is 0 Å². The molecule has 2 aromatic rings. The van der Waals surface area contributed by atoms with Gasteiger partial charge < -0.3 is 14.8 Å². The van der Waals surface area contributed by atoms with Crippen LogP contribution in [-0.2, 0) is 11.2 Å². The van der Waals surface area contributed by atoms with Gasteiger partial charge in [0.1, 0.15) is 5.82 Å². The minimum absolute atomic E-state index is 0.103. The monoisotopic (exact) mass is 291 g/mol. The van der Waals surface area contributed by atoms with Crippen molar-refractivity contribution in [1.82, 2.24) is 14.9 Å². The molecule has 0 aliphatic heterocycles. The molecule has 1 heterocycles. The predicted molar refractivity (Wildman–Crippen MR) is 81.5 cm³/mol. The normalized spacial score (nSPS) is 11.4. The predicted octanol–water partition coefficient (Wildman–Crippen LogP) is 0.406. The van der Waals surface area contributed by atoms with Crippen LogP contribution in [0.15, 0.2) is 29.1 Å². The van der Waals surface area contributed by atoms with Crippen molar-refractivity contribution in [3.05, 3.63) is 40.4 Å². The maximum Gasteiger partial charge on any atom is 0.258 e. The summed E-state index contributed by atoms with van der Waals surface area (Å²) in [4.78, 5) is 21.3. The zero-order chi connectivity index (χ0) is 15.1. The van der Waals surface area contributed by atoms with Gasteiger partial charge in [0, 0.05) is 33.2 Å². The minimum Gasteiger partial charge on any atom is -0.395 e. The van der Waals surface area contributed by atoms with Gasteiger partial charge in [0.2, 0.25) is 0 Å². The second kappa shape index (κ2) is 7.87. The van der Waals surface area contributed by atoms with Gasteiger partial charge in [0.05, 0.1) is 24.1 Å². The summed E-state index contributed by atoms with van der Waals surface area (Å²) >= 11 is 0. The van der Waals surface area contributed by atoms with E-state index in [1.807, 2.05) is 18.2 Å². The average Bonchev–Trinajstić information content (AvgIpc) is 2.50. The highest BCUT2D eigenvalue weighted by Gasteiger charge is 2.07. The lowest BCUT2D eigenvalue weighted by Gasteiger charge is -2.20. The van der Waals surface area contributed by atoms with E-state index in [4.69, 9.17) is 9.84 Å². The lowest BCUT2D eigenvalue weighted by molar-refractivity contribution is 0.131. The molecule has 21 heavy (non-hydrogen) atoms. The van der Waals surface area contributed by atoms with Crippen LogP contribution >= 0.6 is 0 Å². The number of aliphatic hydroxyl groups is 1. The molecule has 0 bridgehead atoms. The van der Waals surface area contributed by atoms with Crippen LogP contribution < -0.4 is 5.56 Å². The number of nitrogens with one attached hydrogen (secondary N) is 1. The Morgan fingerprint density at radius 1 is 1.29 bits per heavy atom. The van der Waals surface area contributed by atoms with Crippen LogP contribution in [0.4, 0.5) is 0 Å². The fourth-order valence-corrected chi connectivity index (χ4v) is 2.21. The van der Waals surface area contributed by atoms with Gasteiger partial charge in [0.15, 0.2) is 0 Å². The lowest BCUT2D eigenvalue weighted by Crippen LogP contribution is -2.32. The molecule has 0 radical (unpaired) electrons. The average molecular weight is 291 g/mol. The van der Waals surface area contributed by atoms with Gasteiger partial charge >= 0.3 is 0 Å². The Hall–Kier alpha value is -1.76. The number of para-hydroxylation sites is 1. The molecule has 114 valence electrons. The molecule has 2 rings (SSSR count). The summed E-state index contributed by atoms with van der Waals surface area (Å²) < 4.78 is 5.05. The Morgan fingerprint density at radius 3 is 2.86 bits per heavy atom. The zero-order valence-corrected chi connectivity index (χ0v) is 12.2. The number of hydrogen-bond acceptors (Lipinski definition) is 5. The van der Waals surface area contributed by atoms with E-state index >= 15 is 0 Å². The Kier molecular flexibility index (Phi) is 5.86. The molecule has 0 aliphatic rings. The molecular weight excluding hydrogens is 270 g/mol. The summed E-state index contributed by atoms with van der Waals surface area (Å²) in [5.41, 5.74) is 0.600. The van der Waals surface area contributed by atoms with Gasteiger partial charge in [-0.1, -0.05) is 12.1 Å². The summed E-state index contributed by atoms with van der Waals surface area (Å²) in [6.45, 7) is 2.76. The van der Waals surface area contributed by atoms with E-state index in [0.29, 0.717) is 42.8 Å². The summed E-state index contributed by atoms with van der Waals surface area (Å²) in [6.07, 6.45) is 0.629. The van der Waals surface area contributed by atoms with Crippen LogP contribution in [-0.4, -0.2) is 59.9 Å². The van der Waals surface area contributed by atoms with E-state index in [1.54, 1.807) is 13.2 Å². The second-order valence-electron chi connectivity index (χ2n) is 4.84. The van der Waals surface area contributed by atoms with Gasteiger partial charge in [0.25, 0.3) is 5.56 Å². The number of H-pyrrole nitrogens is 1. The van der Waals surface area contributed by atoms with E-state index in [9.17, 15) is 4.79 Å². The Labute approximate surface area is 123 Å². The number of aliphatic hydroxyl groups excluding tert-OH is 1. The third kappa shape index (κ3) is 4.35. The molecule has 0 saturated heterocycles. The fraction of sp³-hybridized carbons (Fsp3) is 0.467. The number of ether oxygens (including phenoxy) is 1. The number of nitrogens with zero attached hydrogens (tertiary/aromatic N) is 2. The molecule has 0 spiro atoms. The van der Waals surface area contributed by atoms with Crippen molar-refractivity contribution < 1.29 is 9.84 Å². The van der Waals surface area contributed by atoms with Gasteiger partial charge in [-0.15, -0.1) is 0 Å². The molecule has 6 nitrogen and oxygen atoms in total. The summed E-state index contributed by atoms with van der Waals surface area (Å²) in [5.74, 6) is 0.666. The van der Waals surface area contributed by atoms with Crippen molar-refractivity contribution in [1.29, 1.82) is 0 Å². The van der Waals surface area contributed by atoms with Crippen molar-refractivity contribution in [3.63, 3.8) is 0 Å². The first kappa shape index (κ1) is 15.6. The number of rotatable bonds is 8. The zero-order valence-electron chi connectivity index (χ0n) is 12.2. The van der Waals surface area contributed by atoms with Crippen LogP contribution in [0, 0.1) is 0 Å². The molecule has 1 aromatic carbocycles. The van der Waals surface area contributed by atoms with Crippen molar-refractivity contribution in [2.75, 3.05) is 40.0 Å². The van der Waals surface area contributed by atoms with Crippen molar-refractivity contribution in [2.45, 2.75) is 6.42 Å². The molecule has 0 unspecified atom stereocenters. The number of hydrogen-bond donors (Lipinski definition) is 2. The number of methoxy groups -OCH3 is 1. The maximum absolute atomic E-state index is 12.0. The molecule has 0 fully saturated rings. The highest BCUT2D eigenvalue weighted by molar-refractivity contribution is 5.77. The van der Waals surface area contributed by atoms with Gasteiger partial charge in [-0.3, -0.25) is 9.69 Å². The Bertz CT molecular complexity index is 627. The van der Waals surface area contributed by atoms with Crippen LogP contribution in [0.3, 0.4) is 0 Å². The standard InChI is InChI=1S/C15H21N3O3/c1-21-11-9-18(8-10-19)7-6-14-16-13-5-3-2-4-12(13)15(20)17-14/h2-5,19H,6-11H2,1H3,(H,16,17,20). The molecule has 6 heteroatoms. The number of aromatic nitrogens is 2. The maximum atomic E-state index is 12.0. The molecule has 1 aromatic heterocycles. The number of fused-ring (bicyclic) bond motifs is 1. The van der Waals surface area contributed by atoms with Gasteiger partial charge in [-0.2, -0.15) is 0 Å². The van der Waals surface area contributed by atoms with E-state index in [0.717, 1.165) is 6.54 Å². The second-order valence-corrected chi connectivity index (χ2v) is 4.84. The first-order valence-corrected chi connectivity index (χ1v) is 7.04.